The molecule has 4 heterocycles. The second-order valence-corrected chi connectivity index (χ2v) is 7.62. The van der Waals surface area contributed by atoms with Crippen LogP contribution in [-0.2, 0) is 11.2 Å². The van der Waals surface area contributed by atoms with E-state index >= 15 is 0 Å². The predicted octanol–water partition coefficient (Wildman–Crippen LogP) is 2.40. The number of amides is 2. The quantitative estimate of drug-likeness (QED) is 0.818. The monoisotopic (exact) mass is 379 g/mol. The number of nitrogens with zero attached hydrogens (tertiary/aromatic N) is 3. The SMILES string of the molecule is COc1cccc(CC(=O)N2CC3CCC2CN(C(=O)c2cccnc2)C3)c1. The summed E-state index contributed by atoms with van der Waals surface area (Å²) in [5, 5.41) is 0. The molecule has 1 aromatic carbocycles. The fourth-order valence-electron chi connectivity index (χ4n) is 4.28. The van der Waals surface area contributed by atoms with Gasteiger partial charge in [-0.1, -0.05) is 12.1 Å². The molecule has 1 aromatic heterocycles. The number of ether oxygens (including phenoxy) is 1. The first kappa shape index (κ1) is 18.5. The summed E-state index contributed by atoms with van der Waals surface area (Å²) < 4.78 is 5.26. The average molecular weight is 379 g/mol. The van der Waals surface area contributed by atoms with Gasteiger partial charge >= 0.3 is 0 Å². The van der Waals surface area contributed by atoms with Gasteiger partial charge in [0, 0.05) is 38.1 Å². The predicted molar refractivity (Wildman–Crippen MR) is 105 cm³/mol. The van der Waals surface area contributed by atoms with E-state index in [1.807, 2.05) is 34.1 Å². The highest BCUT2D eigenvalue weighted by molar-refractivity contribution is 5.94. The van der Waals surface area contributed by atoms with Crippen LogP contribution in [0.1, 0.15) is 28.8 Å². The first-order chi connectivity index (χ1) is 13.6. The maximum absolute atomic E-state index is 13.0. The molecule has 146 valence electrons. The van der Waals surface area contributed by atoms with Gasteiger partial charge in [-0.15, -0.1) is 0 Å². The van der Waals surface area contributed by atoms with Crippen molar-refractivity contribution in [3.8, 4) is 5.75 Å². The van der Waals surface area contributed by atoms with Crippen molar-refractivity contribution < 1.29 is 14.3 Å². The standard InChI is InChI=1S/C22H25N3O3/c1-28-20-6-2-4-16(10-20)11-21(26)25-14-17-7-8-19(25)15-24(13-17)22(27)18-5-3-9-23-12-18/h2-6,9-10,12,17,19H,7-8,11,13-15H2,1H3. The van der Waals surface area contributed by atoms with Crippen LogP contribution in [0.25, 0.3) is 0 Å². The van der Waals surface area contributed by atoms with Gasteiger partial charge in [0.15, 0.2) is 0 Å². The number of carbonyl (C=O) groups excluding carboxylic acids is 2. The number of rotatable bonds is 4. The molecule has 3 aliphatic rings. The Bertz CT molecular complexity index is 855. The third-order valence-electron chi connectivity index (χ3n) is 5.72. The van der Waals surface area contributed by atoms with Crippen molar-refractivity contribution in [2.45, 2.75) is 25.3 Å². The van der Waals surface area contributed by atoms with Crippen molar-refractivity contribution in [1.29, 1.82) is 0 Å². The number of methoxy groups -OCH3 is 1. The summed E-state index contributed by atoms with van der Waals surface area (Å²) in [4.78, 5) is 33.9. The Hall–Kier alpha value is -2.89. The summed E-state index contributed by atoms with van der Waals surface area (Å²) in [5.74, 6) is 1.22. The summed E-state index contributed by atoms with van der Waals surface area (Å²) in [6, 6.07) is 11.3. The van der Waals surface area contributed by atoms with Crippen LogP contribution < -0.4 is 4.74 Å². The molecule has 2 unspecified atom stereocenters. The molecule has 6 heteroatoms. The van der Waals surface area contributed by atoms with Crippen molar-refractivity contribution in [2.24, 2.45) is 5.92 Å². The number of benzene rings is 1. The molecule has 3 saturated heterocycles. The highest BCUT2D eigenvalue weighted by Crippen LogP contribution is 2.29. The van der Waals surface area contributed by atoms with Crippen LogP contribution in [0.2, 0.25) is 0 Å². The molecule has 2 atom stereocenters. The van der Waals surface area contributed by atoms with Crippen LogP contribution >= 0.6 is 0 Å². The highest BCUT2D eigenvalue weighted by Gasteiger charge is 2.38. The van der Waals surface area contributed by atoms with Gasteiger partial charge < -0.3 is 14.5 Å². The van der Waals surface area contributed by atoms with Crippen molar-refractivity contribution in [1.82, 2.24) is 14.8 Å². The molecule has 2 bridgehead atoms. The van der Waals surface area contributed by atoms with Crippen LogP contribution in [0.15, 0.2) is 48.8 Å². The second kappa shape index (κ2) is 8.00. The molecule has 3 fully saturated rings. The van der Waals surface area contributed by atoms with E-state index < -0.39 is 0 Å². The minimum atomic E-state index is 0.00657. The van der Waals surface area contributed by atoms with E-state index in [1.165, 1.54) is 0 Å². The van der Waals surface area contributed by atoms with Gasteiger partial charge in [0.2, 0.25) is 5.91 Å². The highest BCUT2D eigenvalue weighted by atomic mass is 16.5. The maximum Gasteiger partial charge on any atom is 0.255 e. The van der Waals surface area contributed by atoms with Crippen LogP contribution in [0.3, 0.4) is 0 Å². The molecule has 0 radical (unpaired) electrons. The van der Waals surface area contributed by atoms with Gasteiger partial charge in [0.1, 0.15) is 5.75 Å². The summed E-state index contributed by atoms with van der Waals surface area (Å²) in [6.45, 7) is 2.02. The zero-order valence-electron chi connectivity index (χ0n) is 16.1. The van der Waals surface area contributed by atoms with Crippen LogP contribution in [0.5, 0.6) is 5.75 Å². The van der Waals surface area contributed by atoms with E-state index in [-0.39, 0.29) is 17.9 Å². The van der Waals surface area contributed by atoms with E-state index in [0.29, 0.717) is 31.0 Å². The fourth-order valence-corrected chi connectivity index (χ4v) is 4.28. The zero-order valence-corrected chi connectivity index (χ0v) is 16.1. The summed E-state index contributed by atoms with van der Waals surface area (Å²) in [7, 11) is 1.63. The Balaban J connectivity index is 1.47. The molecule has 5 rings (SSSR count). The second-order valence-electron chi connectivity index (χ2n) is 7.62. The largest absolute Gasteiger partial charge is 0.497 e. The topological polar surface area (TPSA) is 62.7 Å². The van der Waals surface area contributed by atoms with Gasteiger partial charge in [0.05, 0.1) is 19.1 Å². The Morgan fingerprint density at radius 1 is 1.14 bits per heavy atom. The minimum Gasteiger partial charge on any atom is -0.497 e. The van der Waals surface area contributed by atoms with Crippen molar-refractivity contribution in [3.05, 3.63) is 59.9 Å². The van der Waals surface area contributed by atoms with E-state index in [2.05, 4.69) is 4.98 Å². The lowest BCUT2D eigenvalue weighted by atomic mass is 9.94. The summed E-state index contributed by atoms with van der Waals surface area (Å²) in [5.41, 5.74) is 1.56. The number of hydrogen-bond acceptors (Lipinski definition) is 4. The zero-order chi connectivity index (χ0) is 19.5. The lowest BCUT2D eigenvalue weighted by molar-refractivity contribution is -0.134. The lowest BCUT2D eigenvalue weighted by Crippen LogP contribution is -2.48. The van der Waals surface area contributed by atoms with Crippen LogP contribution in [-0.4, -0.2) is 59.4 Å². The minimum absolute atomic E-state index is 0.00657. The first-order valence-electron chi connectivity index (χ1n) is 9.75. The third-order valence-corrected chi connectivity index (χ3v) is 5.72. The molecule has 0 spiro atoms. The Morgan fingerprint density at radius 2 is 2.04 bits per heavy atom. The van der Waals surface area contributed by atoms with Crippen LogP contribution in [0, 0.1) is 5.92 Å². The molecule has 6 nitrogen and oxygen atoms in total. The number of aromatic nitrogens is 1. The van der Waals surface area contributed by atoms with E-state index in [4.69, 9.17) is 4.74 Å². The van der Waals surface area contributed by atoms with E-state index in [0.717, 1.165) is 30.7 Å². The maximum atomic E-state index is 13.0. The van der Waals surface area contributed by atoms with Gasteiger partial charge in [-0.3, -0.25) is 14.6 Å². The molecule has 2 amide bonds. The van der Waals surface area contributed by atoms with Gasteiger partial charge in [-0.05, 0) is 48.6 Å². The van der Waals surface area contributed by atoms with Gasteiger partial charge in [0.25, 0.3) is 5.91 Å². The average Bonchev–Trinajstić information content (AvgIpc) is 3.06. The smallest absolute Gasteiger partial charge is 0.255 e. The van der Waals surface area contributed by atoms with Crippen molar-refractivity contribution in [3.63, 3.8) is 0 Å². The molecule has 0 aliphatic carbocycles. The van der Waals surface area contributed by atoms with Gasteiger partial charge in [-0.2, -0.15) is 0 Å². The molecule has 28 heavy (non-hydrogen) atoms. The Labute approximate surface area is 165 Å². The molecule has 3 aliphatic heterocycles. The molecule has 2 aromatic rings. The van der Waals surface area contributed by atoms with Crippen molar-refractivity contribution >= 4 is 11.8 Å². The molecular formula is C22H25N3O3. The molecule has 0 saturated carbocycles. The Morgan fingerprint density at radius 3 is 2.82 bits per heavy atom. The first-order valence-corrected chi connectivity index (χ1v) is 9.75. The van der Waals surface area contributed by atoms with Gasteiger partial charge in [-0.25, -0.2) is 0 Å². The molecule has 0 N–H and O–H groups in total. The summed E-state index contributed by atoms with van der Waals surface area (Å²) >= 11 is 0. The number of piperidine rings is 1. The van der Waals surface area contributed by atoms with Crippen molar-refractivity contribution in [2.75, 3.05) is 26.7 Å². The number of pyridine rings is 1. The van der Waals surface area contributed by atoms with E-state index in [1.54, 1.807) is 31.6 Å². The normalized spacial score (nSPS) is 21.3. The Kier molecular flexibility index (Phi) is 5.28. The number of carbonyl (C=O) groups is 2. The molecular weight excluding hydrogens is 354 g/mol. The number of fused-ring (bicyclic) bond motifs is 4. The van der Waals surface area contributed by atoms with Crippen LogP contribution in [0.4, 0.5) is 0 Å². The number of hydrogen-bond donors (Lipinski definition) is 0. The summed E-state index contributed by atoms with van der Waals surface area (Å²) in [6.07, 6.45) is 5.65. The van der Waals surface area contributed by atoms with E-state index in [9.17, 15) is 9.59 Å². The lowest BCUT2D eigenvalue weighted by Gasteiger charge is -2.36. The third kappa shape index (κ3) is 3.86. The fraction of sp³-hybridized carbons (Fsp3) is 0.409.